The average Bonchev–Trinajstić information content (AvgIpc) is 1.88. The van der Waals surface area contributed by atoms with Gasteiger partial charge in [-0.1, -0.05) is 23.7 Å². The fourth-order valence-corrected chi connectivity index (χ4v) is 1.03. The Kier molecular flexibility index (Phi) is 5.30. The average molecular weight is 193 g/mol. The van der Waals surface area contributed by atoms with Crippen molar-refractivity contribution in [2.45, 2.75) is 6.42 Å². The van der Waals surface area contributed by atoms with Crippen LogP contribution >= 0.6 is 24.0 Å². The van der Waals surface area contributed by atoms with Crippen LogP contribution in [0.2, 0.25) is 5.02 Å². The lowest BCUT2D eigenvalue weighted by molar-refractivity contribution is 0.299. The first-order valence-corrected chi connectivity index (χ1v) is 3.56. The number of halogens is 2. The number of hydrogen-bond donors (Lipinski definition) is 1. The van der Waals surface area contributed by atoms with Crippen LogP contribution in [0.15, 0.2) is 24.3 Å². The predicted molar refractivity (Wildman–Crippen MR) is 49.5 cm³/mol. The van der Waals surface area contributed by atoms with Crippen LogP contribution in [0.1, 0.15) is 5.56 Å². The van der Waals surface area contributed by atoms with Gasteiger partial charge in [-0.2, -0.15) is 0 Å². The second-order valence-electron chi connectivity index (χ2n) is 2.10. The maximum absolute atomic E-state index is 8.57. The summed E-state index contributed by atoms with van der Waals surface area (Å²) in [5, 5.41) is 9.30. The van der Waals surface area contributed by atoms with E-state index in [-0.39, 0.29) is 19.0 Å². The van der Waals surface area contributed by atoms with Gasteiger partial charge in [0.1, 0.15) is 0 Å². The van der Waals surface area contributed by atoms with E-state index in [1.807, 2.05) is 24.3 Å². The SMILES string of the molecule is Cl.OCCc1cccc(Cl)c1. The molecule has 11 heavy (non-hydrogen) atoms. The molecule has 0 fully saturated rings. The zero-order chi connectivity index (χ0) is 7.40. The Morgan fingerprint density at radius 2 is 2.09 bits per heavy atom. The third kappa shape index (κ3) is 3.61. The molecule has 0 saturated heterocycles. The molecule has 0 aliphatic carbocycles. The summed E-state index contributed by atoms with van der Waals surface area (Å²) in [6, 6.07) is 7.51. The van der Waals surface area contributed by atoms with Gasteiger partial charge in [0, 0.05) is 11.6 Å². The number of hydrogen-bond acceptors (Lipinski definition) is 1. The third-order valence-corrected chi connectivity index (χ3v) is 1.52. The van der Waals surface area contributed by atoms with Gasteiger partial charge in [-0.25, -0.2) is 0 Å². The molecule has 1 N–H and O–H groups in total. The second kappa shape index (κ2) is 5.42. The van der Waals surface area contributed by atoms with E-state index in [2.05, 4.69) is 0 Å². The summed E-state index contributed by atoms with van der Waals surface area (Å²) in [6.07, 6.45) is 0.681. The Bertz CT molecular complexity index is 213. The third-order valence-electron chi connectivity index (χ3n) is 1.29. The summed E-state index contributed by atoms with van der Waals surface area (Å²) in [5.41, 5.74) is 1.08. The summed E-state index contributed by atoms with van der Waals surface area (Å²) in [4.78, 5) is 0. The van der Waals surface area contributed by atoms with Gasteiger partial charge in [0.2, 0.25) is 0 Å². The van der Waals surface area contributed by atoms with E-state index in [0.717, 1.165) is 10.6 Å². The molecule has 0 radical (unpaired) electrons. The lowest BCUT2D eigenvalue weighted by atomic mass is 10.2. The molecule has 0 aromatic heterocycles. The van der Waals surface area contributed by atoms with Crippen molar-refractivity contribution in [3.8, 4) is 0 Å². The molecule has 0 spiro atoms. The van der Waals surface area contributed by atoms with Crippen molar-refractivity contribution < 1.29 is 5.11 Å². The van der Waals surface area contributed by atoms with E-state index >= 15 is 0 Å². The predicted octanol–water partition coefficient (Wildman–Crippen LogP) is 2.30. The van der Waals surface area contributed by atoms with E-state index in [0.29, 0.717) is 6.42 Å². The first-order chi connectivity index (χ1) is 4.83. The lowest BCUT2D eigenvalue weighted by Gasteiger charge is -1.96. The standard InChI is InChI=1S/C8H9ClO.ClH/c9-8-3-1-2-7(6-8)4-5-10;/h1-3,6,10H,4-5H2;1H. The molecular formula is C8H10Cl2O. The van der Waals surface area contributed by atoms with Crippen LogP contribution in [0.25, 0.3) is 0 Å². The molecule has 0 bridgehead atoms. The highest BCUT2D eigenvalue weighted by Crippen LogP contribution is 2.10. The van der Waals surface area contributed by atoms with Crippen molar-refractivity contribution in [2.24, 2.45) is 0 Å². The highest BCUT2D eigenvalue weighted by Gasteiger charge is 1.90. The molecular weight excluding hydrogens is 183 g/mol. The summed E-state index contributed by atoms with van der Waals surface area (Å²) in [5.74, 6) is 0. The van der Waals surface area contributed by atoms with Crippen molar-refractivity contribution in [3.63, 3.8) is 0 Å². The van der Waals surface area contributed by atoms with Crippen molar-refractivity contribution in [3.05, 3.63) is 34.9 Å². The molecule has 0 atom stereocenters. The first-order valence-electron chi connectivity index (χ1n) is 3.18. The van der Waals surface area contributed by atoms with Crippen LogP contribution in [0.4, 0.5) is 0 Å². The molecule has 0 unspecified atom stereocenters. The number of aliphatic hydroxyl groups excluding tert-OH is 1. The Hall–Kier alpha value is -0.240. The van der Waals surface area contributed by atoms with Crippen molar-refractivity contribution >= 4 is 24.0 Å². The van der Waals surface area contributed by atoms with E-state index in [9.17, 15) is 0 Å². The van der Waals surface area contributed by atoms with Crippen LogP contribution in [-0.2, 0) is 6.42 Å². The van der Waals surface area contributed by atoms with Gasteiger partial charge in [0.05, 0.1) is 0 Å². The van der Waals surface area contributed by atoms with Gasteiger partial charge in [-0.15, -0.1) is 12.4 Å². The molecule has 0 saturated carbocycles. The minimum absolute atomic E-state index is 0. The lowest BCUT2D eigenvalue weighted by Crippen LogP contribution is -1.88. The Morgan fingerprint density at radius 3 is 2.64 bits per heavy atom. The molecule has 0 aliphatic heterocycles. The minimum Gasteiger partial charge on any atom is -0.396 e. The Morgan fingerprint density at radius 1 is 1.36 bits per heavy atom. The van der Waals surface area contributed by atoms with Gasteiger partial charge in [-0.05, 0) is 24.1 Å². The molecule has 3 heteroatoms. The molecule has 0 aliphatic rings. The second-order valence-corrected chi connectivity index (χ2v) is 2.54. The molecule has 0 amide bonds. The number of rotatable bonds is 2. The van der Waals surface area contributed by atoms with Gasteiger partial charge < -0.3 is 5.11 Å². The van der Waals surface area contributed by atoms with Crippen molar-refractivity contribution in [1.29, 1.82) is 0 Å². The van der Waals surface area contributed by atoms with Gasteiger partial charge in [0.15, 0.2) is 0 Å². The topological polar surface area (TPSA) is 20.2 Å². The summed E-state index contributed by atoms with van der Waals surface area (Å²) in [7, 11) is 0. The fraction of sp³-hybridized carbons (Fsp3) is 0.250. The van der Waals surface area contributed by atoms with Crippen LogP contribution in [0, 0.1) is 0 Å². The quantitative estimate of drug-likeness (QED) is 0.763. The summed E-state index contributed by atoms with van der Waals surface area (Å²) < 4.78 is 0. The smallest absolute Gasteiger partial charge is 0.0471 e. The number of aliphatic hydroxyl groups is 1. The fourth-order valence-electron chi connectivity index (χ4n) is 0.822. The van der Waals surface area contributed by atoms with Crippen molar-refractivity contribution in [1.82, 2.24) is 0 Å². The normalized spacial score (nSPS) is 8.91. The van der Waals surface area contributed by atoms with Crippen LogP contribution in [0.5, 0.6) is 0 Å². The highest BCUT2D eigenvalue weighted by molar-refractivity contribution is 6.30. The zero-order valence-corrected chi connectivity index (χ0v) is 7.53. The molecule has 1 aromatic rings. The largest absolute Gasteiger partial charge is 0.396 e. The molecule has 1 aromatic carbocycles. The summed E-state index contributed by atoms with van der Waals surface area (Å²) in [6.45, 7) is 0.181. The van der Waals surface area contributed by atoms with E-state index < -0.39 is 0 Å². The zero-order valence-electron chi connectivity index (χ0n) is 5.96. The van der Waals surface area contributed by atoms with Gasteiger partial charge in [0.25, 0.3) is 0 Å². The maximum Gasteiger partial charge on any atom is 0.0471 e. The van der Waals surface area contributed by atoms with E-state index in [4.69, 9.17) is 16.7 Å². The molecule has 62 valence electrons. The van der Waals surface area contributed by atoms with Gasteiger partial charge >= 0.3 is 0 Å². The maximum atomic E-state index is 8.57. The van der Waals surface area contributed by atoms with Crippen LogP contribution < -0.4 is 0 Å². The molecule has 1 nitrogen and oxygen atoms in total. The Balaban J connectivity index is 0.000001000. The van der Waals surface area contributed by atoms with Crippen LogP contribution in [0.3, 0.4) is 0 Å². The molecule has 1 rings (SSSR count). The Labute approximate surface area is 77.4 Å². The van der Waals surface area contributed by atoms with E-state index in [1.165, 1.54) is 0 Å². The summed E-state index contributed by atoms with van der Waals surface area (Å²) >= 11 is 5.70. The minimum atomic E-state index is 0. The van der Waals surface area contributed by atoms with Crippen LogP contribution in [-0.4, -0.2) is 11.7 Å². The monoisotopic (exact) mass is 192 g/mol. The van der Waals surface area contributed by atoms with Gasteiger partial charge in [-0.3, -0.25) is 0 Å². The number of benzene rings is 1. The highest BCUT2D eigenvalue weighted by atomic mass is 35.5. The first kappa shape index (κ1) is 10.8. The van der Waals surface area contributed by atoms with E-state index in [1.54, 1.807) is 0 Å². The van der Waals surface area contributed by atoms with Crippen molar-refractivity contribution in [2.75, 3.05) is 6.61 Å². The molecule has 0 heterocycles.